The van der Waals surface area contributed by atoms with Gasteiger partial charge in [-0.25, -0.2) is 0 Å². The van der Waals surface area contributed by atoms with Crippen LogP contribution in [-0.4, -0.2) is 11.8 Å². The highest BCUT2D eigenvalue weighted by atomic mass is 35.5. The van der Waals surface area contributed by atoms with Crippen LogP contribution in [0.25, 0.3) is 0 Å². The zero-order chi connectivity index (χ0) is 15.5. The van der Waals surface area contributed by atoms with E-state index in [0.717, 1.165) is 11.1 Å². The van der Waals surface area contributed by atoms with Gasteiger partial charge >= 0.3 is 0 Å². The average Bonchev–Trinajstić information content (AvgIpc) is 2.50. The lowest BCUT2D eigenvalue weighted by molar-refractivity contribution is 0.536. The smallest absolute Gasteiger partial charge is 0.0624 e. The molecule has 112 valence electrons. The van der Waals surface area contributed by atoms with Gasteiger partial charge in [0.1, 0.15) is 0 Å². The van der Waals surface area contributed by atoms with Gasteiger partial charge in [-0.2, -0.15) is 0 Å². The first-order valence-corrected chi connectivity index (χ1v) is 8.53. The predicted octanol–water partition coefficient (Wildman–Crippen LogP) is 6.60. The SMILES string of the molecule is ClCC(CCl)(Cc1cccc(Cl)c1Cl)c1ccc(Cl)cc1. The van der Waals surface area contributed by atoms with E-state index in [4.69, 9.17) is 58.0 Å². The van der Waals surface area contributed by atoms with Gasteiger partial charge in [0, 0.05) is 22.2 Å². The van der Waals surface area contributed by atoms with E-state index in [9.17, 15) is 0 Å². The standard InChI is InChI=1S/C16H13Cl5/c17-9-16(10-18,12-4-6-13(19)7-5-12)8-11-2-1-3-14(20)15(11)21/h1-7H,8-10H2. The minimum absolute atomic E-state index is 0.376. The summed E-state index contributed by atoms with van der Waals surface area (Å²) in [5.41, 5.74) is 1.55. The molecule has 0 bridgehead atoms. The molecule has 0 heterocycles. The second-order valence-corrected chi connectivity index (χ2v) is 6.70. The van der Waals surface area contributed by atoms with Crippen molar-refractivity contribution in [3.05, 3.63) is 68.7 Å². The molecule has 0 aliphatic carbocycles. The normalized spacial score (nSPS) is 11.7. The summed E-state index contributed by atoms with van der Waals surface area (Å²) in [7, 11) is 0. The molecule has 0 spiro atoms. The molecule has 0 fully saturated rings. The predicted molar refractivity (Wildman–Crippen MR) is 94.7 cm³/mol. The molecule has 0 unspecified atom stereocenters. The first-order valence-electron chi connectivity index (χ1n) is 6.33. The number of benzene rings is 2. The molecule has 0 aliphatic rings. The van der Waals surface area contributed by atoms with E-state index in [0.29, 0.717) is 33.2 Å². The van der Waals surface area contributed by atoms with Crippen molar-refractivity contribution in [1.82, 2.24) is 0 Å². The second-order valence-electron chi connectivity index (χ2n) is 4.94. The maximum atomic E-state index is 6.29. The topological polar surface area (TPSA) is 0 Å². The van der Waals surface area contributed by atoms with E-state index in [1.165, 1.54) is 0 Å². The highest BCUT2D eigenvalue weighted by Crippen LogP contribution is 2.36. The summed E-state index contributed by atoms with van der Waals surface area (Å²) in [4.78, 5) is 0. The quantitative estimate of drug-likeness (QED) is 0.511. The summed E-state index contributed by atoms with van der Waals surface area (Å²) in [5, 5.41) is 1.76. The number of halogens is 5. The Balaban J connectivity index is 2.43. The Labute approximate surface area is 149 Å². The molecule has 0 aromatic heterocycles. The number of hydrogen-bond acceptors (Lipinski definition) is 0. The van der Waals surface area contributed by atoms with Gasteiger partial charge in [-0.15, -0.1) is 23.2 Å². The molecule has 0 atom stereocenters. The van der Waals surface area contributed by atoms with Crippen molar-refractivity contribution in [1.29, 1.82) is 0 Å². The Morgan fingerprint density at radius 3 is 2.00 bits per heavy atom. The van der Waals surface area contributed by atoms with Crippen molar-refractivity contribution in [3.63, 3.8) is 0 Å². The van der Waals surface area contributed by atoms with Crippen LogP contribution in [0.4, 0.5) is 0 Å². The summed E-state index contributed by atoms with van der Waals surface area (Å²) in [6.07, 6.45) is 0.612. The minimum atomic E-state index is -0.415. The van der Waals surface area contributed by atoms with Crippen molar-refractivity contribution in [2.45, 2.75) is 11.8 Å². The van der Waals surface area contributed by atoms with Gasteiger partial charge in [0.2, 0.25) is 0 Å². The molecule has 2 rings (SSSR count). The van der Waals surface area contributed by atoms with E-state index in [-0.39, 0.29) is 0 Å². The van der Waals surface area contributed by atoms with Crippen LogP contribution in [0.15, 0.2) is 42.5 Å². The molecular formula is C16H13Cl5. The minimum Gasteiger partial charge on any atom is -0.126 e. The fourth-order valence-corrected chi connectivity index (χ4v) is 3.54. The van der Waals surface area contributed by atoms with E-state index in [1.807, 2.05) is 36.4 Å². The van der Waals surface area contributed by atoms with E-state index in [1.54, 1.807) is 6.07 Å². The lowest BCUT2D eigenvalue weighted by Crippen LogP contribution is -2.33. The highest BCUT2D eigenvalue weighted by molar-refractivity contribution is 6.42. The Kier molecular flexibility index (Phi) is 6.11. The van der Waals surface area contributed by atoms with Crippen LogP contribution in [0.5, 0.6) is 0 Å². The van der Waals surface area contributed by atoms with Crippen LogP contribution >= 0.6 is 58.0 Å². The maximum Gasteiger partial charge on any atom is 0.0624 e. The van der Waals surface area contributed by atoms with Crippen LogP contribution in [0.3, 0.4) is 0 Å². The van der Waals surface area contributed by atoms with Gasteiger partial charge in [-0.05, 0) is 35.7 Å². The fourth-order valence-electron chi connectivity index (χ4n) is 2.24. The molecule has 0 radical (unpaired) electrons. The Morgan fingerprint density at radius 2 is 1.43 bits per heavy atom. The molecule has 0 aliphatic heterocycles. The van der Waals surface area contributed by atoms with Gasteiger partial charge in [0.05, 0.1) is 10.0 Å². The van der Waals surface area contributed by atoms with Crippen LogP contribution < -0.4 is 0 Å². The third kappa shape index (κ3) is 3.81. The van der Waals surface area contributed by atoms with Gasteiger partial charge < -0.3 is 0 Å². The Morgan fingerprint density at radius 1 is 0.810 bits per heavy atom. The first-order chi connectivity index (χ1) is 10.0. The molecule has 0 nitrogen and oxygen atoms in total. The van der Waals surface area contributed by atoms with Gasteiger partial charge in [-0.1, -0.05) is 59.1 Å². The van der Waals surface area contributed by atoms with E-state index in [2.05, 4.69) is 0 Å². The number of alkyl halides is 2. The van der Waals surface area contributed by atoms with Crippen molar-refractivity contribution >= 4 is 58.0 Å². The van der Waals surface area contributed by atoms with Crippen molar-refractivity contribution in [2.75, 3.05) is 11.8 Å². The van der Waals surface area contributed by atoms with E-state index >= 15 is 0 Å². The molecule has 2 aromatic carbocycles. The number of rotatable bonds is 5. The highest BCUT2D eigenvalue weighted by Gasteiger charge is 2.32. The molecule has 21 heavy (non-hydrogen) atoms. The molecule has 0 saturated heterocycles. The molecule has 5 heteroatoms. The zero-order valence-corrected chi connectivity index (χ0v) is 14.8. The van der Waals surface area contributed by atoms with Crippen molar-refractivity contribution in [2.24, 2.45) is 0 Å². The molecular weight excluding hydrogens is 369 g/mol. The van der Waals surface area contributed by atoms with Crippen molar-refractivity contribution < 1.29 is 0 Å². The fraction of sp³-hybridized carbons (Fsp3) is 0.250. The lowest BCUT2D eigenvalue weighted by atomic mass is 9.79. The molecule has 2 aromatic rings. The molecule has 0 saturated carbocycles. The first kappa shape index (κ1) is 17.2. The maximum absolute atomic E-state index is 6.29. The summed E-state index contributed by atoms with van der Waals surface area (Å²) >= 11 is 30.8. The summed E-state index contributed by atoms with van der Waals surface area (Å²) in [5.74, 6) is 0.752. The average molecular weight is 383 g/mol. The van der Waals surface area contributed by atoms with Crippen LogP contribution in [0, 0.1) is 0 Å². The second kappa shape index (κ2) is 7.44. The van der Waals surface area contributed by atoms with Gasteiger partial charge in [-0.3, -0.25) is 0 Å². The van der Waals surface area contributed by atoms with Gasteiger partial charge in [0.15, 0.2) is 0 Å². The monoisotopic (exact) mass is 380 g/mol. The summed E-state index contributed by atoms with van der Waals surface area (Å²) in [6, 6.07) is 13.2. The van der Waals surface area contributed by atoms with Crippen LogP contribution in [-0.2, 0) is 11.8 Å². The molecule has 0 N–H and O–H groups in total. The lowest BCUT2D eigenvalue weighted by Gasteiger charge is -2.31. The largest absolute Gasteiger partial charge is 0.126 e. The van der Waals surface area contributed by atoms with Crippen LogP contribution in [0.2, 0.25) is 15.1 Å². The zero-order valence-electron chi connectivity index (χ0n) is 11.1. The third-order valence-electron chi connectivity index (χ3n) is 3.53. The Hall–Kier alpha value is -0.110. The van der Waals surface area contributed by atoms with Crippen LogP contribution in [0.1, 0.15) is 11.1 Å². The summed E-state index contributed by atoms with van der Waals surface area (Å²) < 4.78 is 0. The number of hydrogen-bond donors (Lipinski definition) is 0. The molecule has 0 amide bonds. The third-order valence-corrected chi connectivity index (χ3v) is 5.66. The Bertz CT molecular complexity index is 603. The summed E-state index contributed by atoms with van der Waals surface area (Å²) in [6.45, 7) is 0. The van der Waals surface area contributed by atoms with Gasteiger partial charge in [0.25, 0.3) is 0 Å². The van der Waals surface area contributed by atoms with Crippen molar-refractivity contribution in [3.8, 4) is 0 Å². The van der Waals surface area contributed by atoms with E-state index < -0.39 is 5.41 Å².